The van der Waals surface area contributed by atoms with Gasteiger partial charge in [0.05, 0.1) is 11.6 Å². The minimum absolute atomic E-state index is 0.0252. The average molecular weight is 373 g/mol. The highest BCUT2D eigenvalue weighted by atomic mass is 79.9. The molecule has 2 aromatic carbocycles. The average Bonchev–Trinajstić information content (AvgIpc) is 2.90. The number of hydrogen-bond donors (Lipinski definition) is 1. The molecule has 0 spiro atoms. The highest BCUT2D eigenvalue weighted by Gasteiger charge is 2.35. The number of anilines is 2. The zero-order valence-electron chi connectivity index (χ0n) is 12.8. The highest BCUT2D eigenvalue weighted by molar-refractivity contribution is 9.10. The number of hydrogen-bond acceptors (Lipinski definition) is 2. The van der Waals surface area contributed by atoms with Crippen LogP contribution in [0.15, 0.2) is 53.0 Å². The van der Waals surface area contributed by atoms with Crippen LogP contribution in [0.4, 0.5) is 11.4 Å². The van der Waals surface area contributed by atoms with Gasteiger partial charge >= 0.3 is 0 Å². The Hall–Kier alpha value is -2.14. The molecule has 1 atom stereocenters. The van der Waals surface area contributed by atoms with E-state index in [0.29, 0.717) is 6.54 Å². The molecule has 1 heterocycles. The summed E-state index contributed by atoms with van der Waals surface area (Å²) in [6, 6.07) is 15.1. The third-order valence-corrected chi connectivity index (χ3v) is 4.57. The highest BCUT2D eigenvalue weighted by Crippen LogP contribution is 2.32. The SMILES string of the molecule is Cc1ccc(N2CC(C(=O)Nc3ccccc3)CC2=O)c(Br)c1. The summed E-state index contributed by atoms with van der Waals surface area (Å²) in [6.45, 7) is 2.40. The molecule has 0 aromatic heterocycles. The Balaban J connectivity index is 1.73. The van der Waals surface area contributed by atoms with Gasteiger partial charge in [0.2, 0.25) is 11.8 Å². The quantitative estimate of drug-likeness (QED) is 0.891. The zero-order chi connectivity index (χ0) is 16.4. The van der Waals surface area contributed by atoms with E-state index in [1.807, 2.05) is 55.5 Å². The molecular formula is C18H17BrN2O2. The molecule has 3 rings (SSSR count). The maximum atomic E-state index is 12.4. The van der Waals surface area contributed by atoms with E-state index < -0.39 is 0 Å². The first-order chi connectivity index (χ1) is 11.0. The summed E-state index contributed by atoms with van der Waals surface area (Å²) in [5.41, 5.74) is 2.68. The van der Waals surface area contributed by atoms with Gasteiger partial charge in [-0.3, -0.25) is 9.59 Å². The molecule has 1 N–H and O–H groups in total. The molecule has 2 amide bonds. The molecule has 0 bridgehead atoms. The van der Waals surface area contributed by atoms with Crippen molar-refractivity contribution in [2.24, 2.45) is 5.92 Å². The molecule has 1 aliphatic heterocycles. The molecule has 23 heavy (non-hydrogen) atoms. The largest absolute Gasteiger partial charge is 0.326 e. The van der Waals surface area contributed by atoms with Crippen LogP contribution in [0.3, 0.4) is 0 Å². The molecule has 5 heteroatoms. The molecule has 0 radical (unpaired) electrons. The fourth-order valence-electron chi connectivity index (χ4n) is 2.71. The van der Waals surface area contributed by atoms with Crippen molar-refractivity contribution < 1.29 is 9.59 Å². The summed E-state index contributed by atoms with van der Waals surface area (Å²) >= 11 is 3.50. The molecule has 0 saturated carbocycles. The number of benzene rings is 2. The lowest BCUT2D eigenvalue weighted by Crippen LogP contribution is -2.28. The number of halogens is 1. The third kappa shape index (κ3) is 3.45. The molecular weight excluding hydrogens is 356 g/mol. The smallest absolute Gasteiger partial charge is 0.229 e. The van der Waals surface area contributed by atoms with Gasteiger partial charge in [0, 0.05) is 23.1 Å². The number of para-hydroxylation sites is 1. The van der Waals surface area contributed by atoms with Crippen molar-refractivity contribution in [2.75, 3.05) is 16.8 Å². The van der Waals surface area contributed by atoms with Crippen molar-refractivity contribution in [3.05, 3.63) is 58.6 Å². The second kappa shape index (κ2) is 6.54. The number of nitrogens with one attached hydrogen (secondary N) is 1. The fourth-order valence-corrected chi connectivity index (χ4v) is 3.42. The van der Waals surface area contributed by atoms with E-state index in [2.05, 4.69) is 21.2 Å². The number of rotatable bonds is 3. The second-order valence-electron chi connectivity index (χ2n) is 5.72. The zero-order valence-corrected chi connectivity index (χ0v) is 14.3. The van der Waals surface area contributed by atoms with Crippen LogP contribution in [0.2, 0.25) is 0 Å². The Labute approximate surface area is 143 Å². The topological polar surface area (TPSA) is 49.4 Å². The molecule has 1 saturated heterocycles. The molecule has 1 aliphatic rings. The number of nitrogens with zero attached hydrogens (tertiary/aromatic N) is 1. The van der Waals surface area contributed by atoms with Gasteiger partial charge in [-0.2, -0.15) is 0 Å². The van der Waals surface area contributed by atoms with Crippen LogP contribution in [0.5, 0.6) is 0 Å². The molecule has 118 valence electrons. The van der Waals surface area contributed by atoms with Crippen LogP contribution in [-0.2, 0) is 9.59 Å². The van der Waals surface area contributed by atoms with Gasteiger partial charge in [-0.15, -0.1) is 0 Å². The number of aryl methyl sites for hydroxylation is 1. The number of carbonyl (C=O) groups is 2. The van der Waals surface area contributed by atoms with Gasteiger partial charge in [-0.05, 0) is 52.7 Å². The molecule has 4 nitrogen and oxygen atoms in total. The van der Waals surface area contributed by atoms with Crippen molar-refractivity contribution in [1.29, 1.82) is 0 Å². The summed E-state index contributed by atoms with van der Waals surface area (Å²) in [7, 11) is 0. The molecule has 1 fully saturated rings. The number of amides is 2. The predicted octanol–water partition coefficient (Wildman–Crippen LogP) is 3.75. The lowest BCUT2D eigenvalue weighted by atomic mass is 10.1. The summed E-state index contributed by atoms with van der Waals surface area (Å²) in [5.74, 6) is -0.478. The Bertz CT molecular complexity index is 746. The van der Waals surface area contributed by atoms with Gasteiger partial charge in [0.1, 0.15) is 0 Å². The first kappa shape index (κ1) is 15.7. The first-order valence-corrected chi connectivity index (χ1v) is 8.26. The second-order valence-corrected chi connectivity index (χ2v) is 6.57. The van der Waals surface area contributed by atoms with Crippen LogP contribution in [0, 0.1) is 12.8 Å². The van der Waals surface area contributed by atoms with E-state index in [1.54, 1.807) is 4.90 Å². The Morgan fingerprint density at radius 3 is 2.65 bits per heavy atom. The number of carbonyl (C=O) groups excluding carboxylic acids is 2. The predicted molar refractivity (Wildman–Crippen MR) is 94.4 cm³/mol. The molecule has 1 unspecified atom stereocenters. The van der Waals surface area contributed by atoms with Crippen LogP contribution in [0.25, 0.3) is 0 Å². The van der Waals surface area contributed by atoms with Crippen LogP contribution < -0.4 is 10.2 Å². The standard InChI is InChI=1S/C18H17BrN2O2/c1-12-7-8-16(15(19)9-12)21-11-13(10-17(21)22)18(23)20-14-5-3-2-4-6-14/h2-9,13H,10-11H2,1H3,(H,20,23). The summed E-state index contributed by atoms with van der Waals surface area (Å²) in [6.07, 6.45) is 0.235. The van der Waals surface area contributed by atoms with Gasteiger partial charge < -0.3 is 10.2 Å². The lowest BCUT2D eigenvalue weighted by molar-refractivity contribution is -0.122. The third-order valence-electron chi connectivity index (χ3n) is 3.93. The maximum absolute atomic E-state index is 12.4. The van der Waals surface area contributed by atoms with Crippen molar-refractivity contribution in [3.63, 3.8) is 0 Å². The minimum Gasteiger partial charge on any atom is -0.326 e. The Kier molecular flexibility index (Phi) is 4.48. The van der Waals surface area contributed by atoms with Gasteiger partial charge in [0.15, 0.2) is 0 Å². The summed E-state index contributed by atoms with van der Waals surface area (Å²) in [5, 5.41) is 2.87. The molecule has 2 aromatic rings. The van der Waals surface area contributed by atoms with Crippen molar-refractivity contribution >= 4 is 39.1 Å². The van der Waals surface area contributed by atoms with Gasteiger partial charge in [-0.1, -0.05) is 24.3 Å². The van der Waals surface area contributed by atoms with Gasteiger partial charge in [0.25, 0.3) is 0 Å². The Morgan fingerprint density at radius 1 is 1.22 bits per heavy atom. The summed E-state index contributed by atoms with van der Waals surface area (Å²) in [4.78, 5) is 26.4. The van der Waals surface area contributed by atoms with E-state index in [-0.39, 0.29) is 24.2 Å². The van der Waals surface area contributed by atoms with Gasteiger partial charge in [-0.25, -0.2) is 0 Å². The first-order valence-electron chi connectivity index (χ1n) is 7.47. The fraction of sp³-hybridized carbons (Fsp3) is 0.222. The van der Waals surface area contributed by atoms with Crippen molar-refractivity contribution in [2.45, 2.75) is 13.3 Å². The van der Waals surface area contributed by atoms with E-state index in [0.717, 1.165) is 21.4 Å². The van der Waals surface area contributed by atoms with E-state index >= 15 is 0 Å². The summed E-state index contributed by atoms with van der Waals surface area (Å²) < 4.78 is 0.870. The molecule has 0 aliphatic carbocycles. The van der Waals surface area contributed by atoms with E-state index in [1.165, 1.54) is 0 Å². The van der Waals surface area contributed by atoms with Crippen LogP contribution in [0.1, 0.15) is 12.0 Å². The minimum atomic E-state index is -0.337. The van der Waals surface area contributed by atoms with E-state index in [4.69, 9.17) is 0 Å². The maximum Gasteiger partial charge on any atom is 0.229 e. The van der Waals surface area contributed by atoms with Crippen LogP contribution >= 0.6 is 15.9 Å². The van der Waals surface area contributed by atoms with Crippen LogP contribution in [-0.4, -0.2) is 18.4 Å². The lowest BCUT2D eigenvalue weighted by Gasteiger charge is -2.18. The van der Waals surface area contributed by atoms with Crippen molar-refractivity contribution in [1.82, 2.24) is 0 Å². The van der Waals surface area contributed by atoms with E-state index in [9.17, 15) is 9.59 Å². The van der Waals surface area contributed by atoms with Crippen molar-refractivity contribution in [3.8, 4) is 0 Å². The Morgan fingerprint density at radius 2 is 1.96 bits per heavy atom. The monoisotopic (exact) mass is 372 g/mol. The normalized spacial score (nSPS) is 17.4.